The highest BCUT2D eigenvalue weighted by Gasteiger charge is 2.41. The molecule has 2 rings (SSSR count). The first-order chi connectivity index (χ1) is 14.4. The molecule has 0 amide bonds. The van der Waals surface area contributed by atoms with Gasteiger partial charge in [-0.2, -0.15) is 11.8 Å². The van der Waals surface area contributed by atoms with E-state index in [1.807, 2.05) is 31.2 Å². The summed E-state index contributed by atoms with van der Waals surface area (Å²) in [5, 5.41) is 30.9. The van der Waals surface area contributed by atoms with E-state index in [9.17, 15) is 20.1 Å². The third kappa shape index (κ3) is 8.30. The number of ether oxygens (including phenoxy) is 2. The minimum absolute atomic E-state index is 0.000182. The van der Waals surface area contributed by atoms with Gasteiger partial charge in [-0.1, -0.05) is 30.2 Å². The summed E-state index contributed by atoms with van der Waals surface area (Å²) in [5.41, 5.74) is 1.15. The fourth-order valence-electron chi connectivity index (χ4n) is 3.64. The van der Waals surface area contributed by atoms with Gasteiger partial charge in [0.05, 0.1) is 25.4 Å². The van der Waals surface area contributed by atoms with Gasteiger partial charge in [-0.3, -0.25) is 0 Å². The van der Waals surface area contributed by atoms with E-state index >= 15 is 0 Å². The highest BCUT2D eigenvalue weighted by molar-refractivity contribution is 8.00. The Balaban J connectivity index is 1.71. The molecule has 0 aromatic heterocycles. The number of aliphatic hydroxyl groups excluding tert-OH is 3. The van der Waals surface area contributed by atoms with Crippen LogP contribution in [0.15, 0.2) is 36.4 Å². The summed E-state index contributed by atoms with van der Waals surface area (Å²) in [5.74, 6) is 0.809. The minimum Gasteiger partial charge on any atom is -0.491 e. The molecule has 1 fully saturated rings. The first-order valence-corrected chi connectivity index (χ1v) is 11.5. The van der Waals surface area contributed by atoms with Crippen LogP contribution in [0.5, 0.6) is 5.75 Å². The summed E-state index contributed by atoms with van der Waals surface area (Å²) < 4.78 is 10.2. The minimum atomic E-state index is -0.648. The normalized spacial score (nSPS) is 24.8. The van der Waals surface area contributed by atoms with Crippen LogP contribution in [0.4, 0.5) is 0 Å². The monoisotopic (exact) mass is 438 g/mol. The Hall–Kier alpha value is -1.54. The van der Waals surface area contributed by atoms with E-state index in [4.69, 9.17) is 4.74 Å². The van der Waals surface area contributed by atoms with Crippen molar-refractivity contribution in [3.05, 3.63) is 42.0 Å². The number of carbonyl (C=O) groups is 1. The Labute approximate surface area is 183 Å². The van der Waals surface area contributed by atoms with Crippen molar-refractivity contribution in [2.45, 2.75) is 62.6 Å². The maximum Gasteiger partial charge on any atom is 0.330 e. The number of rotatable bonds is 12. The van der Waals surface area contributed by atoms with E-state index in [1.54, 1.807) is 6.08 Å². The second-order valence-corrected chi connectivity index (χ2v) is 9.03. The van der Waals surface area contributed by atoms with Crippen molar-refractivity contribution in [1.82, 2.24) is 0 Å². The highest BCUT2D eigenvalue weighted by atomic mass is 32.2. The average Bonchev–Trinajstić information content (AvgIpc) is 3.00. The molecule has 6 nitrogen and oxygen atoms in total. The quantitative estimate of drug-likeness (QED) is 0.262. The number of aryl methyl sites for hydroxylation is 1. The second kappa shape index (κ2) is 13.0. The fraction of sp³-hybridized carbons (Fsp3) is 0.609. The molecule has 1 saturated carbocycles. The summed E-state index contributed by atoms with van der Waals surface area (Å²) >= 11 is 1.51. The lowest BCUT2D eigenvalue weighted by atomic mass is 9.97. The number of esters is 1. The number of hydrogen-bond acceptors (Lipinski definition) is 7. The lowest BCUT2D eigenvalue weighted by Crippen LogP contribution is -2.28. The Morgan fingerprint density at radius 1 is 1.23 bits per heavy atom. The molecule has 0 spiro atoms. The predicted octanol–water partition coefficient (Wildman–Crippen LogP) is 2.87. The predicted molar refractivity (Wildman–Crippen MR) is 119 cm³/mol. The maximum absolute atomic E-state index is 11.0. The largest absolute Gasteiger partial charge is 0.491 e. The molecule has 1 aromatic rings. The first-order valence-electron chi connectivity index (χ1n) is 10.5. The van der Waals surface area contributed by atoms with E-state index in [0.29, 0.717) is 12.2 Å². The summed E-state index contributed by atoms with van der Waals surface area (Å²) in [6, 6.07) is 7.68. The van der Waals surface area contributed by atoms with Gasteiger partial charge in [-0.05, 0) is 44.2 Å². The number of methoxy groups -OCH3 is 1. The SMILES string of the molecule is COC(=O)C=CCCCC[C@H]1C(O)CC(O)[C@@H]1SCC(O)COc1ccc(C)cc1. The molecule has 1 aliphatic rings. The van der Waals surface area contributed by atoms with Gasteiger partial charge >= 0.3 is 5.97 Å². The molecule has 1 aromatic carbocycles. The van der Waals surface area contributed by atoms with Crippen molar-refractivity contribution in [3.63, 3.8) is 0 Å². The molecule has 3 N–H and O–H groups in total. The Kier molecular flexibility index (Phi) is 10.7. The van der Waals surface area contributed by atoms with Crippen molar-refractivity contribution >= 4 is 17.7 Å². The van der Waals surface area contributed by atoms with Crippen LogP contribution < -0.4 is 4.74 Å². The van der Waals surface area contributed by atoms with Gasteiger partial charge < -0.3 is 24.8 Å². The number of carbonyl (C=O) groups excluding carboxylic acids is 1. The van der Waals surface area contributed by atoms with Gasteiger partial charge in [0.2, 0.25) is 0 Å². The molecule has 0 saturated heterocycles. The standard InChI is InChI=1S/C23H34O6S/c1-16-9-11-18(12-10-16)29-14-17(24)15-30-23-19(20(25)13-21(23)26)7-5-3-4-6-8-22(27)28-2/h6,8-12,17,19-21,23-26H,3-5,7,13-15H2,1-2H3/t17?,19-,20?,21?,23+/m0/s1. The average molecular weight is 439 g/mol. The van der Waals surface area contributed by atoms with Gasteiger partial charge in [0, 0.05) is 23.5 Å². The van der Waals surface area contributed by atoms with Crippen molar-refractivity contribution < 1.29 is 29.6 Å². The summed E-state index contributed by atoms with van der Waals surface area (Å²) in [4.78, 5) is 11.0. The molecule has 0 bridgehead atoms. The molecular formula is C23H34O6S. The van der Waals surface area contributed by atoms with Crippen LogP contribution in [0, 0.1) is 12.8 Å². The number of allylic oxidation sites excluding steroid dienone is 1. The molecule has 0 radical (unpaired) electrons. The number of hydrogen-bond donors (Lipinski definition) is 3. The van der Waals surface area contributed by atoms with Gasteiger partial charge in [0.25, 0.3) is 0 Å². The van der Waals surface area contributed by atoms with Crippen molar-refractivity contribution in [3.8, 4) is 5.75 Å². The van der Waals surface area contributed by atoms with E-state index in [1.165, 1.54) is 24.9 Å². The van der Waals surface area contributed by atoms with E-state index in [2.05, 4.69) is 4.74 Å². The zero-order valence-electron chi connectivity index (χ0n) is 17.8. The van der Waals surface area contributed by atoms with Gasteiger partial charge in [-0.25, -0.2) is 4.79 Å². The molecule has 168 valence electrons. The van der Waals surface area contributed by atoms with Crippen LogP contribution >= 0.6 is 11.8 Å². The van der Waals surface area contributed by atoms with Crippen LogP contribution in [-0.4, -0.2) is 64.3 Å². The first kappa shape index (κ1) is 24.7. The Morgan fingerprint density at radius 3 is 2.67 bits per heavy atom. The third-order valence-electron chi connectivity index (χ3n) is 5.34. The molecule has 30 heavy (non-hydrogen) atoms. The van der Waals surface area contributed by atoms with E-state index in [0.717, 1.165) is 37.0 Å². The van der Waals surface area contributed by atoms with E-state index < -0.39 is 18.3 Å². The summed E-state index contributed by atoms with van der Waals surface area (Å²) in [6.45, 7) is 2.20. The topological polar surface area (TPSA) is 96.2 Å². The summed E-state index contributed by atoms with van der Waals surface area (Å²) in [6.07, 6.45) is 5.22. The fourth-order valence-corrected chi connectivity index (χ4v) is 5.08. The van der Waals surface area contributed by atoms with Crippen molar-refractivity contribution in [2.75, 3.05) is 19.5 Å². The number of aliphatic hydroxyl groups is 3. The van der Waals surface area contributed by atoms with Gasteiger partial charge in [-0.15, -0.1) is 0 Å². The Bertz CT molecular complexity index is 662. The molecule has 3 unspecified atom stereocenters. The lowest BCUT2D eigenvalue weighted by molar-refractivity contribution is -0.134. The van der Waals surface area contributed by atoms with Crippen molar-refractivity contribution in [2.24, 2.45) is 5.92 Å². The molecule has 1 aliphatic carbocycles. The number of thioether (sulfide) groups is 1. The molecular weight excluding hydrogens is 404 g/mol. The van der Waals surface area contributed by atoms with Crippen LogP contribution in [0.1, 0.15) is 37.7 Å². The maximum atomic E-state index is 11.0. The van der Waals surface area contributed by atoms with Crippen molar-refractivity contribution in [1.29, 1.82) is 0 Å². The summed E-state index contributed by atoms with van der Waals surface area (Å²) in [7, 11) is 1.35. The van der Waals surface area contributed by atoms with Crippen LogP contribution in [0.25, 0.3) is 0 Å². The highest BCUT2D eigenvalue weighted by Crippen LogP contribution is 2.39. The zero-order chi connectivity index (χ0) is 21.9. The second-order valence-electron chi connectivity index (χ2n) is 7.82. The Morgan fingerprint density at radius 2 is 1.97 bits per heavy atom. The van der Waals surface area contributed by atoms with Crippen LogP contribution in [0.2, 0.25) is 0 Å². The zero-order valence-corrected chi connectivity index (χ0v) is 18.6. The number of benzene rings is 1. The molecule has 0 aliphatic heterocycles. The van der Waals surface area contributed by atoms with Gasteiger partial charge in [0.15, 0.2) is 0 Å². The molecule has 7 heteroatoms. The molecule has 0 heterocycles. The molecule has 5 atom stereocenters. The number of unbranched alkanes of at least 4 members (excludes halogenated alkanes) is 2. The lowest BCUT2D eigenvalue weighted by Gasteiger charge is -2.24. The third-order valence-corrected chi connectivity index (χ3v) is 6.96. The smallest absolute Gasteiger partial charge is 0.330 e. The van der Waals surface area contributed by atoms with Crippen LogP contribution in [0.3, 0.4) is 0 Å². The van der Waals surface area contributed by atoms with Gasteiger partial charge in [0.1, 0.15) is 12.4 Å². The van der Waals surface area contributed by atoms with Crippen LogP contribution in [-0.2, 0) is 9.53 Å². The van der Waals surface area contributed by atoms with E-state index in [-0.39, 0.29) is 23.7 Å².